The Balaban J connectivity index is 1.65. The summed E-state index contributed by atoms with van der Waals surface area (Å²) >= 11 is 5.28. The molecule has 0 saturated carbocycles. The van der Waals surface area contributed by atoms with Gasteiger partial charge in [-0.1, -0.05) is 25.9 Å². The Bertz CT molecular complexity index is 1100. The first kappa shape index (κ1) is 27.5. The molecular weight excluding hydrogens is 500 g/mol. The summed E-state index contributed by atoms with van der Waals surface area (Å²) in [7, 11) is -0.0537. The number of carbonyl (C=O) groups excluding carboxylic acids is 1. The van der Waals surface area contributed by atoms with Crippen molar-refractivity contribution >= 4 is 47.8 Å². The number of imidazole rings is 1. The van der Waals surface area contributed by atoms with Gasteiger partial charge in [-0.15, -0.1) is 4.52 Å². The van der Waals surface area contributed by atoms with Crippen molar-refractivity contribution in [2.24, 2.45) is 5.41 Å². The van der Waals surface area contributed by atoms with Crippen molar-refractivity contribution in [2.75, 3.05) is 31.3 Å². The van der Waals surface area contributed by atoms with Crippen LogP contribution < -0.4 is 16.1 Å². The number of nitrogens with one attached hydrogen (secondary N) is 2. The van der Waals surface area contributed by atoms with E-state index in [-0.39, 0.29) is 30.2 Å². The zero-order valence-electron chi connectivity index (χ0n) is 20.5. The van der Waals surface area contributed by atoms with Crippen LogP contribution in [0, 0.1) is 5.41 Å². The predicted octanol–water partition coefficient (Wildman–Crippen LogP) is 1.79. The van der Waals surface area contributed by atoms with Gasteiger partial charge in [-0.25, -0.2) is 9.37 Å². The van der Waals surface area contributed by atoms with Crippen LogP contribution in [0.1, 0.15) is 40.8 Å². The molecule has 3 heterocycles. The van der Waals surface area contributed by atoms with Crippen molar-refractivity contribution in [3.63, 3.8) is 0 Å². The lowest BCUT2D eigenvalue weighted by Crippen LogP contribution is -2.40. The third-order valence-electron chi connectivity index (χ3n) is 5.30. The Kier molecular flexibility index (Phi) is 8.24. The fourth-order valence-electron chi connectivity index (χ4n) is 3.43. The van der Waals surface area contributed by atoms with Crippen LogP contribution in [0.15, 0.2) is 6.33 Å². The molecule has 0 bridgehead atoms. The van der Waals surface area contributed by atoms with Crippen molar-refractivity contribution in [3.05, 3.63) is 6.33 Å². The topological polar surface area (TPSA) is 159 Å². The van der Waals surface area contributed by atoms with Gasteiger partial charge in [0.1, 0.15) is 24.9 Å². The molecule has 35 heavy (non-hydrogen) atoms. The number of alkyl halides is 1. The first-order chi connectivity index (χ1) is 16.2. The molecule has 1 saturated heterocycles. The van der Waals surface area contributed by atoms with Crippen molar-refractivity contribution < 1.29 is 28.3 Å². The maximum Gasteiger partial charge on any atom is 0.440 e. The number of nitrogens with zero attached hydrogens (tertiary/aromatic N) is 4. The number of aromatic nitrogens is 4. The minimum absolute atomic E-state index is 0.0273. The normalized spacial score (nSPS) is 26.1. The van der Waals surface area contributed by atoms with Gasteiger partial charge in [0.25, 0.3) is 0 Å². The van der Waals surface area contributed by atoms with E-state index in [1.165, 1.54) is 17.8 Å². The van der Waals surface area contributed by atoms with Crippen LogP contribution in [0.25, 0.3) is 11.2 Å². The average Bonchev–Trinajstić information content (AvgIpc) is 3.27. The molecule has 1 aliphatic rings. The quantitative estimate of drug-likeness (QED) is 0.274. The van der Waals surface area contributed by atoms with E-state index in [4.69, 9.17) is 31.5 Å². The third-order valence-corrected chi connectivity index (χ3v) is 6.92. The maximum atomic E-state index is 15.6. The molecule has 0 amide bonds. The zero-order chi connectivity index (χ0) is 26.1. The number of rotatable bonds is 9. The molecule has 0 aromatic carbocycles. The van der Waals surface area contributed by atoms with Crippen LogP contribution >= 0.6 is 7.07 Å². The van der Waals surface area contributed by atoms with Gasteiger partial charge in [-0.05, 0) is 19.3 Å². The molecule has 12 nitrogen and oxygen atoms in total. The number of anilines is 2. The zero-order valence-corrected chi connectivity index (χ0v) is 22.2. The van der Waals surface area contributed by atoms with Crippen molar-refractivity contribution in [2.45, 2.75) is 64.8 Å². The number of nitrogen functional groups attached to an aromatic ring is 1. The summed E-state index contributed by atoms with van der Waals surface area (Å²) < 4.78 is 33.7. The minimum atomic E-state index is -2.21. The lowest BCUT2D eigenvalue weighted by molar-refractivity contribution is -0.147. The van der Waals surface area contributed by atoms with Crippen LogP contribution in [0.4, 0.5) is 16.2 Å². The second-order valence-electron chi connectivity index (χ2n) is 9.70. The SMILES string of the molecule is CNc1nc(N)nc2c1ncn2[C@@H]1O[C@H](CO[P+](=S)N[C@@H](C)C(=O)OCC(C)(C)C)[C@@H](O)[C@@]1(C)F. The summed E-state index contributed by atoms with van der Waals surface area (Å²) in [6.45, 7) is 8.76. The van der Waals surface area contributed by atoms with Gasteiger partial charge >= 0.3 is 13.0 Å². The maximum absolute atomic E-state index is 15.6. The second-order valence-corrected chi connectivity index (χ2v) is 11.7. The predicted molar refractivity (Wildman–Crippen MR) is 132 cm³/mol. The lowest BCUT2D eigenvalue weighted by atomic mass is 9.98. The van der Waals surface area contributed by atoms with E-state index < -0.39 is 43.2 Å². The summed E-state index contributed by atoms with van der Waals surface area (Å²) in [5.74, 6) is -0.104. The van der Waals surface area contributed by atoms with Crippen molar-refractivity contribution in [1.82, 2.24) is 24.6 Å². The smallest absolute Gasteiger partial charge is 0.440 e. The fourth-order valence-corrected chi connectivity index (χ4v) is 4.87. The summed E-state index contributed by atoms with van der Waals surface area (Å²) in [5, 5.41) is 16.4. The van der Waals surface area contributed by atoms with Gasteiger partial charge < -0.3 is 25.6 Å². The number of nitrogens with two attached hydrogens (primary N) is 1. The summed E-state index contributed by atoms with van der Waals surface area (Å²) in [5.41, 5.74) is 4.03. The van der Waals surface area contributed by atoms with Gasteiger partial charge in [0.2, 0.25) is 17.8 Å². The van der Waals surface area contributed by atoms with Crippen molar-refractivity contribution in [3.8, 4) is 0 Å². The number of carbonyl (C=O) groups is 1. The average molecular weight is 533 g/mol. The van der Waals surface area contributed by atoms with E-state index in [2.05, 4.69) is 25.4 Å². The first-order valence-electron chi connectivity index (χ1n) is 11.0. The highest BCUT2D eigenvalue weighted by Crippen LogP contribution is 2.43. The number of hydrogen-bond acceptors (Lipinski definition) is 11. The van der Waals surface area contributed by atoms with Gasteiger partial charge in [0.05, 0.1) is 12.9 Å². The molecule has 194 valence electrons. The number of halogens is 1. The number of esters is 1. The van der Waals surface area contributed by atoms with Gasteiger partial charge in [0, 0.05) is 7.05 Å². The highest BCUT2D eigenvalue weighted by atomic mass is 32.4. The first-order valence-corrected chi connectivity index (χ1v) is 13.2. The Labute approximate surface area is 208 Å². The number of fused-ring (bicyclic) bond motifs is 1. The Morgan fingerprint density at radius 1 is 1.49 bits per heavy atom. The molecule has 0 aliphatic carbocycles. The van der Waals surface area contributed by atoms with E-state index >= 15 is 4.39 Å². The van der Waals surface area contributed by atoms with Crippen LogP contribution in [0.5, 0.6) is 0 Å². The molecule has 6 atom stereocenters. The number of hydrogen-bond donors (Lipinski definition) is 4. The standard InChI is InChI=1S/C20H32FN7O5PS/c1-10(16(30)31-8-19(2,3)4)27-34(35)32-7-11-13(29)20(5,21)17(33-11)28-9-24-12-14(23-6)25-18(22)26-15(12)28/h9-11,13,17,29H,7-8H2,1-6H3,(H,27,35)(H3,22,23,25,26)/q+1/t10-,11+,13+,17+,20+/m0/s1. The molecule has 0 spiro atoms. The van der Waals surface area contributed by atoms with Crippen LogP contribution in [0.3, 0.4) is 0 Å². The highest BCUT2D eigenvalue weighted by molar-refractivity contribution is 8.02. The minimum Gasteiger partial charge on any atom is -0.464 e. The molecule has 1 fully saturated rings. The Hall–Kier alpha value is -2.09. The van der Waals surface area contributed by atoms with Gasteiger partial charge in [0.15, 0.2) is 28.9 Å². The largest absolute Gasteiger partial charge is 0.464 e. The molecule has 1 unspecified atom stereocenters. The summed E-state index contributed by atoms with van der Waals surface area (Å²) in [6.07, 6.45) is -2.47. The number of aliphatic hydroxyl groups excluding tert-OH is 1. The molecule has 15 heteroatoms. The van der Waals surface area contributed by atoms with E-state index in [1.807, 2.05) is 20.8 Å². The van der Waals surface area contributed by atoms with Crippen LogP contribution in [-0.2, 0) is 30.6 Å². The van der Waals surface area contributed by atoms with E-state index in [0.29, 0.717) is 11.3 Å². The summed E-state index contributed by atoms with van der Waals surface area (Å²) in [4.78, 5) is 24.6. The highest BCUT2D eigenvalue weighted by Gasteiger charge is 2.56. The molecule has 5 N–H and O–H groups in total. The molecule has 1 aliphatic heterocycles. The third kappa shape index (κ3) is 6.19. The molecule has 2 aromatic heterocycles. The van der Waals surface area contributed by atoms with Crippen molar-refractivity contribution in [1.29, 1.82) is 0 Å². The lowest BCUT2D eigenvalue weighted by Gasteiger charge is -2.24. The van der Waals surface area contributed by atoms with E-state index in [1.54, 1.807) is 14.0 Å². The molecule has 2 aromatic rings. The van der Waals surface area contributed by atoms with Crippen LogP contribution in [0.2, 0.25) is 0 Å². The molecule has 0 radical (unpaired) electrons. The summed E-state index contributed by atoms with van der Waals surface area (Å²) in [6, 6.07) is -0.696. The monoisotopic (exact) mass is 532 g/mol. The van der Waals surface area contributed by atoms with Crippen LogP contribution in [-0.4, -0.2) is 74.8 Å². The molecular formula is C20H32FN7O5PS+. The fraction of sp³-hybridized carbons (Fsp3) is 0.700. The van der Waals surface area contributed by atoms with Gasteiger partial charge in [-0.3, -0.25) is 9.36 Å². The second kappa shape index (κ2) is 10.5. The van der Waals surface area contributed by atoms with E-state index in [9.17, 15) is 9.90 Å². The number of ether oxygens (including phenoxy) is 2. The molecule has 3 rings (SSSR count). The van der Waals surface area contributed by atoms with Gasteiger partial charge in [-0.2, -0.15) is 9.97 Å². The Morgan fingerprint density at radius 2 is 2.17 bits per heavy atom. The van der Waals surface area contributed by atoms with E-state index in [0.717, 1.165) is 0 Å². The number of aliphatic hydroxyl groups is 1. The Morgan fingerprint density at radius 3 is 2.80 bits per heavy atom.